The molecule has 1 fully saturated rings. The van der Waals surface area contributed by atoms with Gasteiger partial charge in [-0.05, 0) is 30.9 Å². The molecule has 0 spiro atoms. The fourth-order valence-electron chi connectivity index (χ4n) is 2.67. The number of hydrogen-bond acceptors (Lipinski definition) is 2. The minimum absolute atomic E-state index is 0.191. The number of likely N-dealkylation sites (tertiary alicyclic amines) is 1. The van der Waals surface area contributed by atoms with Crippen molar-refractivity contribution in [3.63, 3.8) is 0 Å². The van der Waals surface area contributed by atoms with Crippen LogP contribution in [0.3, 0.4) is 0 Å². The molecule has 0 radical (unpaired) electrons. The maximum Gasteiger partial charge on any atom is 0.128 e. The van der Waals surface area contributed by atoms with E-state index in [2.05, 4.69) is 18.7 Å². The lowest BCUT2D eigenvalue weighted by Crippen LogP contribution is -2.42. The van der Waals surface area contributed by atoms with Crippen LogP contribution in [-0.2, 0) is 0 Å². The molecule has 0 aromatic heterocycles. The van der Waals surface area contributed by atoms with Gasteiger partial charge in [0, 0.05) is 24.7 Å². The standard InChI is InChI=1S/C15H23FN2/c1-11-7-8-18(9-12(11)2)10-15(17)13-5-3-4-6-14(13)16/h3-6,11-12,15H,7-10,17H2,1-2H3. The molecule has 3 heteroatoms. The van der Waals surface area contributed by atoms with Gasteiger partial charge in [-0.2, -0.15) is 0 Å². The van der Waals surface area contributed by atoms with Crippen LogP contribution in [0.4, 0.5) is 4.39 Å². The van der Waals surface area contributed by atoms with Gasteiger partial charge in [-0.1, -0.05) is 32.0 Å². The van der Waals surface area contributed by atoms with Crippen molar-refractivity contribution >= 4 is 0 Å². The average molecular weight is 250 g/mol. The van der Waals surface area contributed by atoms with E-state index in [0.29, 0.717) is 11.5 Å². The Kier molecular flexibility index (Phi) is 4.36. The summed E-state index contributed by atoms with van der Waals surface area (Å²) in [6, 6.07) is 6.59. The van der Waals surface area contributed by atoms with E-state index >= 15 is 0 Å². The summed E-state index contributed by atoms with van der Waals surface area (Å²) in [4.78, 5) is 2.36. The number of nitrogens with two attached hydrogens (primary N) is 1. The van der Waals surface area contributed by atoms with E-state index in [0.717, 1.165) is 25.6 Å². The van der Waals surface area contributed by atoms with Crippen molar-refractivity contribution in [2.75, 3.05) is 19.6 Å². The summed E-state index contributed by atoms with van der Waals surface area (Å²) in [5.41, 5.74) is 6.75. The lowest BCUT2D eigenvalue weighted by atomic mass is 9.88. The van der Waals surface area contributed by atoms with Crippen molar-refractivity contribution in [3.8, 4) is 0 Å². The molecular weight excluding hydrogens is 227 g/mol. The highest BCUT2D eigenvalue weighted by atomic mass is 19.1. The molecule has 3 atom stereocenters. The molecule has 1 aliphatic rings. The van der Waals surface area contributed by atoms with E-state index in [9.17, 15) is 4.39 Å². The van der Waals surface area contributed by atoms with Gasteiger partial charge >= 0.3 is 0 Å². The van der Waals surface area contributed by atoms with Crippen LogP contribution in [0.15, 0.2) is 24.3 Å². The topological polar surface area (TPSA) is 29.3 Å². The zero-order chi connectivity index (χ0) is 13.1. The second-order valence-electron chi connectivity index (χ2n) is 5.63. The summed E-state index contributed by atoms with van der Waals surface area (Å²) in [7, 11) is 0. The summed E-state index contributed by atoms with van der Waals surface area (Å²) in [6.07, 6.45) is 1.21. The van der Waals surface area contributed by atoms with Gasteiger partial charge < -0.3 is 10.6 Å². The normalized spacial score (nSPS) is 27.1. The highest BCUT2D eigenvalue weighted by Crippen LogP contribution is 2.24. The van der Waals surface area contributed by atoms with E-state index in [1.165, 1.54) is 12.5 Å². The lowest BCUT2D eigenvalue weighted by molar-refractivity contribution is 0.131. The van der Waals surface area contributed by atoms with Crippen LogP contribution < -0.4 is 5.73 Å². The molecule has 1 aromatic carbocycles. The Morgan fingerprint density at radius 1 is 1.33 bits per heavy atom. The first-order chi connectivity index (χ1) is 8.58. The van der Waals surface area contributed by atoms with Gasteiger partial charge in [-0.3, -0.25) is 0 Å². The Balaban J connectivity index is 1.96. The van der Waals surface area contributed by atoms with Crippen molar-refractivity contribution in [1.82, 2.24) is 4.90 Å². The fraction of sp³-hybridized carbons (Fsp3) is 0.600. The van der Waals surface area contributed by atoms with Gasteiger partial charge in [0.15, 0.2) is 0 Å². The summed E-state index contributed by atoms with van der Waals surface area (Å²) in [5.74, 6) is 1.29. The van der Waals surface area contributed by atoms with Gasteiger partial charge in [0.25, 0.3) is 0 Å². The maximum absolute atomic E-state index is 13.6. The van der Waals surface area contributed by atoms with Gasteiger partial charge in [-0.25, -0.2) is 4.39 Å². The SMILES string of the molecule is CC1CCN(CC(N)c2ccccc2F)CC1C. The average Bonchev–Trinajstić information content (AvgIpc) is 2.34. The molecule has 1 heterocycles. The number of benzene rings is 1. The van der Waals surface area contributed by atoms with Crippen LogP contribution in [0.2, 0.25) is 0 Å². The summed E-state index contributed by atoms with van der Waals surface area (Å²) in [6.45, 7) is 7.49. The van der Waals surface area contributed by atoms with Gasteiger partial charge in [-0.15, -0.1) is 0 Å². The zero-order valence-electron chi connectivity index (χ0n) is 11.3. The van der Waals surface area contributed by atoms with E-state index in [4.69, 9.17) is 5.73 Å². The van der Waals surface area contributed by atoms with Crippen LogP contribution in [0.25, 0.3) is 0 Å². The third kappa shape index (κ3) is 3.09. The maximum atomic E-state index is 13.6. The molecule has 2 rings (SSSR count). The lowest BCUT2D eigenvalue weighted by Gasteiger charge is -2.36. The second-order valence-corrected chi connectivity index (χ2v) is 5.63. The number of halogens is 1. The largest absolute Gasteiger partial charge is 0.323 e. The zero-order valence-corrected chi connectivity index (χ0v) is 11.3. The van der Waals surface area contributed by atoms with E-state index < -0.39 is 0 Å². The molecule has 2 N–H and O–H groups in total. The van der Waals surface area contributed by atoms with E-state index in [1.54, 1.807) is 12.1 Å². The van der Waals surface area contributed by atoms with Gasteiger partial charge in [0.05, 0.1) is 0 Å². The van der Waals surface area contributed by atoms with Crippen molar-refractivity contribution in [1.29, 1.82) is 0 Å². The van der Waals surface area contributed by atoms with Crippen molar-refractivity contribution < 1.29 is 4.39 Å². The minimum Gasteiger partial charge on any atom is -0.323 e. The summed E-state index contributed by atoms with van der Waals surface area (Å²) >= 11 is 0. The molecule has 1 saturated heterocycles. The molecular formula is C15H23FN2. The van der Waals surface area contributed by atoms with Crippen molar-refractivity contribution in [2.45, 2.75) is 26.3 Å². The number of hydrogen-bond donors (Lipinski definition) is 1. The van der Waals surface area contributed by atoms with Gasteiger partial charge in [0.1, 0.15) is 5.82 Å². The third-order valence-electron chi connectivity index (χ3n) is 4.18. The van der Waals surface area contributed by atoms with E-state index in [1.807, 2.05) is 6.07 Å². The molecule has 0 amide bonds. The molecule has 18 heavy (non-hydrogen) atoms. The van der Waals surface area contributed by atoms with Crippen LogP contribution in [0.1, 0.15) is 31.9 Å². The summed E-state index contributed by atoms with van der Waals surface area (Å²) in [5, 5.41) is 0. The number of piperidine rings is 1. The number of nitrogens with zero attached hydrogens (tertiary/aromatic N) is 1. The first-order valence-electron chi connectivity index (χ1n) is 6.80. The minimum atomic E-state index is -0.230. The third-order valence-corrected chi connectivity index (χ3v) is 4.18. The van der Waals surface area contributed by atoms with Crippen LogP contribution in [0, 0.1) is 17.7 Å². The molecule has 1 aromatic rings. The molecule has 0 bridgehead atoms. The quantitative estimate of drug-likeness (QED) is 0.894. The number of rotatable bonds is 3. The predicted octanol–water partition coefficient (Wildman–Crippen LogP) is 2.80. The predicted molar refractivity (Wildman–Crippen MR) is 72.7 cm³/mol. The molecule has 3 unspecified atom stereocenters. The Morgan fingerprint density at radius 3 is 2.72 bits per heavy atom. The molecule has 2 nitrogen and oxygen atoms in total. The second kappa shape index (κ2) is 5.81. The molecule has 100 valence electrons. The molecule has 1 aliphatic heterocycles. The summed E-state index contributed by atoms with van der Waals surface area (Å²) < 4.78 is 13.6. The van der Waals surface area contributed by atoms with Crippen molar-refractivity contribution in [3.05, 3.63) is 35.6 Å². The van der Waals surface area contributed by atoms with E-state index in [-0.39, 0.29) is 11.9 Å². The van der Waals surface area contributed by atoms with Crippen LogP contribution >= 0.6 is 0 Å². The van der Waals surface area contributed by atoms with Crippen LogP contribution in [-0.4, -0.2) is 24.5 Å². The smallest absolute Gasteiger partial charge is 0.128 e. The first-order valence-corrected chi connectivity index (χ1v) is 6.80. The molecule has 0 aliphatic carbocycles. The monoisotopic (exact) mass is 250 g/mol. The molecule has 0 saturated carbocycles. The Hall–Kier alpha value is -0.930. The highest BCUT2D eigenvalue weighted by Gasteiger charge is 2.24. The first kappa shape index (κ1) is 13.5. The Labute approximate surface area is 109 Å². The van der Waals surface area contributed by atoms with Crippen molar-refractivity contribution in [2.24, 2.45) is 17.6 Å². The highest BCUT2D eigenvalue weighted by molar-refractivity contribution is 5.21. The van der Waals surface area contributed by atoms with Crippen LogP contribution in [0.5, 0.6) is 0 Å². The Morgan fingerprint density at radius 2 is 2.06 bits per heavy atom. The van der Waals surface area contributed by atoms with Gasteiger partial charge in [0.2, 0.25) is 0 Å². The Bertz CT molecular complexity index is 394. The fourth-order valence-corrected chi connectivity index (χ4v) is 2.67.